The van der Waals surface area contributed by atoms with E-state index < -0.39 is 28.3 Å². The summed E-state index contributed by atoms with van der Waals surface area (Å²) in [5, 5.41) is 0. The third-order valence-electron chi connectivity index (χ3n) is 2.56. The van der Waals surface area contributed by atoms with Crippen LogP contribution >= 0.6 is 0 Å². The van der Waals surface area contributed by atoms with Crippen LogP contribution in [0.3, 0.4) is 0 Å². The molecule has 0 aliphatic heterocycles. The molecule has 0 saturated carbocycles. The molecule has 2 aromatic heterocycles. The molecule has 0 fully saturated rings. The summed E-state index contributed by atoms with van der Waals surface area (Å²) in [6, 6.07) is 12.2. The average Bonchev–Trinajstić information content (AvgIpc) is 2.41. The molecular weight excluding hydrogens is 250 g/mol. The van der Waals surface area contributed by atoms with E-state index in [-0.39, 0.29) is 0 Å². The SMILES string of the molecule is [CH3][Al]([CH3])[c]1ccccn1.[CH3][Al]([CH3])[c]1ccccn1. The highest BCUT2D eigenvalue weighted by Crippen LogP contribution is 1.82. The van der Waals surface area contributed by atoms with Crippen molar-refractivity contribution >= 4 is 37.4 Å². The molecule has 2 rings (SSSR count). The average molecular weight is 270 g/mol. The summed E-state index contributed by atoms with van der Waals surface area (Å²) in [5.74, 6) is 9.12. The van der Waals surface area contributed by atoms with Crippen molar-refractivity contribution in [1.29, 1.82) is 0 Å². The number of nitrogens with zero attached hydrogens (tertiary/aromatic N) is 2. The molecule has 92 valence electrons. The third kappa shape index (κ3) is 5.81. The van der Waals surface area contributed by atoms with E-state index in [9.17, 15) is 0 Å². The number of rotatable bonds is 2. The van der Waals surface area contributed by atoms with Crippen molar-refractivity contribution < 1.29 is 0 Å². The first-order chi connectivity index (χ1) is 8.61. The molecule has 0 unspecified atom stereocenters. The maximum atomic E-state index is 4.24. The van der Waals surface area contributed by atoms with Crippen LogP contribution in [-0.2, 0) is 0 Å². The lowest BCUT2D eigenvalue weighted by Crippen LogP contribution is -2.25. The lowest BCUT2D eigenvalue weighted by molar-refractivity contribution is 1.38. The van der Waals surface area contributed by atoms with Crippen LogP contribution in [0.15, 0.2) is 48.8 Å². The molecule has 4 heteroatoms. The van der Waals surface area contributed by atoms with Gasteiger partial charge >= 0.3 is 28.3 Å². The maximum Gasteiger partial charge on any atom is 0.330 e. The maximum absolute atomic E-state index is 4.24. The van der Waals surface area contributed by atoms with E-state index in [1.165, 1.54) is 9.11 Å². The van der Waals surface area contributed by atoms with Crippen molar-refractivity contribution in [3.63, 3.8) is 0 Å². The molecule has 2 nitrogen and oxygen atoms in total. The monoisotopic (exact) mass is 270 g/mol. The van der Waals surface area contributed by atoms with E-state index in [0.717, 1.165) is 0 Å². The van der Waals surface area contributed by atoms with Crippen molar-refractivity contribution in [3.8, 4) is 0 Å². The van der Waals surface area contributed by atoms with Gasteiger partial charge < -0.3 is 0 Å². The fourth-order valence-electron chi connectivity index (χ4n) is 1.43. The quantitative estimate of drug-likeness (QED) is 0.781. The highest BCUT2D eigenvalue weighted by molar-refractivity contribution is 6.70. The van der Waals surface area contributed by atoms with Crippen LogP contribution in [0.25, 0.3) is 0 Å². The summed E-state index contributed by atoms with van der Waals surface area (Å²) < 4.78 is 2.61. The summed E-state index contributed by atoms with van der Waals surface area (Å²) >= 11 is -1.28. The first-order valence-electron chi connectivity index (χ1n) is 6.43. The van der Waals surface area contributed by atoms with Gasteiger partial charge in [0, 0.05) is 12.4 Å². The molecule has 0 aliphatic carbocycles. The van der Waals surface area contributed by atoms with Crippen LogP contribution in [0.1, 0.15) is 0 Å². The van der Waals surface area contributed by atoms with Gasteiger partial charge in [-0.05, 0) is 21.2 Å². The summed E-state index contributed by atoms with van der Waals surface area (Å²) in [4.78, 5) is 8.48. The zero-order chi connectivity index (χ0) is 13.4. The smallest absolute Gasteiger partial charge is 0.280 e. The molecule has 0 saturated heterocycles. The highest BCUT2D eigenvalue weighted by Gasteiger charge is 2.05. The highest BCUT2D eigenvalue weighted by atomic mass is 27.2. The molecule has 0 amide bonds. The second-order valence-corrected chi connectivity index (χ2v) is 10.6. The molecule has 0 aliphatic rings. The number of pyridine rings is 2. The summed E-state index contributed by atoms with van der Waals surface area (Å²) in [6.07, 6.45) is 3.73. The molecule has 0 spiro atoms. The van der Waals surface area contributed by atoms with Gasteiger partial charge in [0.05, 0.1) is 0 Å². The van der Waals surface area contributed by atoms with Crippen molar-refractivity contribution in [3.05, 3.63) is 48.8 Å². The van der Waals surface area contributed by atoms with Gasteiger partial charge in [0.1, 0.15) is 0 Å². The Hall–Kier alpha value is -0.635. The minimum atomic E-state index is -0.640. The molecule has 0 bridgehead atoms. The zero-order valence-corrected chi connectivity index (χ0v) is 14.0. The number of hydrogen-bond acceptors (Lipinski definition) is 2. The van der Waals surface area contributed by atoms with Crippen LogP contribution in [0.5, 0.6) is 0 Å². The fourth-order valence-corrected chi connectivity index (χ4v) is 3.20. The number of aromatic nitrogens is 2. The predicted octanol–water partition coefficient (Wildman–Crippen LogP) is 2.09. The van der Waals surface area contributed by atoms with Gasteiger partial charge in [0.15, 0.2) is 0 Å². The minimum Gasteiger partial charge on any atom is -0.280 e. The number of hydrogen-bond donors (Lipinski definition) is 0. The van der Waals surface area contributed by atoms with Gasteiger partial charge in [-0.2, -0.15) is 0 Å². The lowest BCUT2D eigenvalue weighted by atomic mass is 10.5. The van der Waals surface area contributed by atoms with Crippen LogP contribution in [0.4, 0.5) is 0 Å². The molecule has 2 aromatic rings. The van der Waals surface area contributed by atoms with Gasteiger partial charge in [-0.25, -0.2) is 0 Å². The fraction of sp³-hybridized carbons (Fsp3) is 0.286. The molecule has 0 N–H and O–H groups in total. The van der Waals surface area contributed by atoms with Gasteiger partial charge in [0.2, 0.25) is 0 Å². The standard InChI is InChI=1S/2C5H4N.4CH3.2Al/c2*1-2-4-6-5-3-1;;;;;;/h2*1-4H;4*1H3;;. The van der Waals surface area contributed by atoms with Gasteiger partial charge in [-0.3, -0.25) is 9.97 Å². The van der Waals surface area contributed by atoms with E-state index >= 15 is 0 Å². The van der Waals surface area contributed by atoms with Crippen molar-refractivity contribution in [2.24, 2.45) is 0 Å². The Bertz CT molecular complexity index is 387. The van der Waals surface area contributed by atoms with E-state index in [1.807, 2.05) is 24.5 Å². The van der Waals surface area contributed by atoms with Crippen LogP contribution in [0.2, 0.25) is 23.1 Å². The molecular formula is C14H20Al2N2. The second kappa shape index (κ2) is 8.46. The third-order valence-corrected chi connectivity index (χ3v) is 5.61. The first-order valence-corrected chi connectivity index (χ1v) is 12.2. The zero-order valence-electron chi connectivity index (χ0n) is 11.7. The van der Waals surface area contributed by atoms with Crippen molar-refractivity contribution in [2.75, 3.05) is 0 Å². The van der Waals surface area contributed by atoms with Gasteiger partial charge in [-0.1, -0.05) is 24.3 Å². The van der Waals surface area contributed by atoms with Gasteiger partial charge in [-0.15, -0.1) is 23.1 Å². The van der Waals surface area contributed by atoms with Crippen LogP contribution in [-0.4, -0.2) is 38.3 Å². The van der Waals surface area contributed by atoms with E-state index in [1.54, 1.807) is 0 Å². The van der Waals surface area contributed by atoms with Gasteiger partial charge in [0.25, 0.3) is 0 Å². The summed E-state index contributed by atoms with van der Waals surface area (Å²) in [6.45, 7) is 0. The summed E-state index contributed by atoms with van der Waals surface area (Å²) in [7, 11) is 0. The minimum absolute atomic E-state index is 0.640. The van der Waals surface area contributed by atoms with Crippen molar-refractivity contribution in [2.45, 2.75) is 23.1 Å². The Labute approximate surface area is 119 Å². The van der Waals surface area contributed by atoms with Crippen LogP contribution in [0, 0.1) is 0 Å². The van der Waals surface area contributed by atoms with E-state index in [4.69, 9.17) is 0 Å². The van der Waals surface area contributed by atoms with E-state index in [2.05, 4.69) is 57.4 Å². The Morgan fingerprint density at radius 3 is 1.22 bits per heavy atom. The normalized spacial score (nSPS) is 9.11. The molecule has 0 radical (unpaired) electrons. The molecule has 2 heterocycles. The van der Waals surface area contributed by atoms with Crippen molar-refractivity contribution in [1.82, 2.24) is 9.97 Å². The summed E-state index contributed by atoms with van der Waals surface area (Å²) in [5.41, 5.74) is 0. The Kier molecular flexibility index (Phi) is 7.25. The predicted molar refractivity (Wildman–Crippen MR) is 82.7 cm³/mol. The Morgan fingerprint density at radius 2 is 1.06 bits per heavy atom. The first kappa shape index (κ1) is 15.4. The largest absolute Gasteiger partial charge is 0.330 e. The van der Waals surface area contributed by atoms with Crippen LogP contribution < -0.4 is 9.11 Å². The second-order valence-electron chi connectivity index (χ2n) is 4.82. The molecule has 0 atom stereocenters. The lowest BCUT2D eigenvalue weighted by Gasteiger charge is -1.95. The topological polar surface area (TPSA) is 25.8 Å². The Morgan fingerprint density at radius 1 is 0.667 bits per heavy atom. The molecule has 18 heavy (non-hydrogen) atoms. The molecule has 0 aromatic carbocycles. The van der Waals surface area contributed by atoms with E-state index in [0.29, 0.717) is 0 Å². The Balaban J connectivity index is 0.000000180.